The first-order chi connectivity index (χ1) is 15.3. The molecule has 2 aliphatic heterocycles. The predicted octanol–water partition coefficient (Wildman–Crippen LogP) is 5.74. The minimum atomic E-state index is -0.308. The lowest BCUT2D eigenvalue weighted by Crippen LogP contribution is -2.61. The Morgan fingerprint density at radius 1 is 1.16 bits per heavy atom. The highest BCUT2D eigenvalue weighted by atomic mass is 35.5. The van der Waals surface area contributed by atoms with Crippen molar-refractivity contribution in [3.8, 4) is 0 Å². The number of likely N-dealkylation sites (tertiary alicyclic amines) is 1. The molecular weight excluding hydrogens is 450 g/mol. The maximum Gasteiger partial charge on any atom is 0.312 e. The van der Waals surface area contributed by atoms with E-state index in [4.69, 9.17) is 28.3 Å². The van der Waals surface area contributed by atoms with E-state index in [-0.39, 0.29) is 23.7 Å². The van der Waals surface area contributed by atoms with E-state index in [1.54, 1.807) is 35.3 Å². The quantitative estimate of drug-likeness (QED) is 0.558. The summed E-state index contributed by atoms with van der Waals surface area (Å²) in [7, 11) is 2.05. The van der Waals surface area contributed by atoms with Crippen LogP contribution in [0.1, 0.15) is 44.2 Å². The minimum Gasteiger partial charge on any atom is -0.263 e. The van der Waals surface area contributed by atoms with Crippen molar-refractivity contribution in [1.82, 2.24) is 5.43 Å². The van der Waals surface area contributed by atoms with Crippen molar-refractivity contribution < 1.29 is 13.8 Å². The van der Waals surface area contributed by atoms with Gasteiger partial charge in [-0.1, -0.05) is 42.3 Å². The first-order valence-corrected chi connectivity index (χ1v) is 11.8. The lowest BCUT2D eigenvalue weighted by atomic mass is 9.87. The van der Waals surface area contributed by atoms with Gasteiger partial charge in [0.15, 0.2) is 0 Å². The van der Waals surface area contributed by atoms with Crippen LogP contribution in [-0.2, 0) is 4.79 Å². The highest BCUT2D eigenvalue weighted by molar-refractivity contribution is 6.40. The number of amides is 1. The second-order valence-electron chi connectivity index (χ2n) is 8.78. The average Bonchev–Trinajstić information content (AvgIpc) is 3.14. The topological polar surface area (TPSA) is 44.7 Å². The van der Waals surface area contributed by atoms with Crippen molar-refractivity contribution in [2.75, 3.05) is 25.1 Å². The van der Waals surface area contributed by atoms with Crippen molar-refractivity contribution in [3.05, 3.63) is 63.9 Å². The molecular formula is C24H28Cl2FN4O+. The fourth-order valence-corrected chi connectivity index (χ4v) is 5.23. The van der Waals surface area contributed by atoms with Gasteiger partial charge in [0.25, 0.3) is 0 Å². The molecule has 2 heterocycles. The van der Waals surface area contributed by atoms with Gasteiger partial charge in [-0.05, 0) is 61.6 Å². The molecule has 2 aromatic rings. The van der Waals surface area contributed by atoms with Crippen LogP contribution >= 0.6 is 23.2 Å². The SMILES string of the molecule is CC[C@H]1C(C(=O)N[N+]2(C)CCCCC2)=NN(c2ccc(Cl)cc2Cl)[C@@H]1c1ccc(F)cc1. The molecule has 8 heteroatoms. The van der Waals surface area contributed by atoms with Gasteiger partial charge in [-0.15, -0.1) is 0 Å². The Bertz CT molecular complexity index is 1020. The van der Waals surface area contributed by atoms with Crippen LogP contribution in [0.15, 0.2) is 47.6 Å². The number of hydrogen-bond acceptors (Lipinski definition) is 3. The van der Waals surface area contributed by atoms with Crippen molar-refractivity contribution >= 4 is 40.5 Å². The number of anilines is 1. The number of piperidine rings is 1. The minimum absolute atomic E-state index is 0.166. The van der Waals surface area contributed by atoms with Gasteiger partial charge in [-0.2, -0.15) is 10.5 Å². The molecule has 0 saturated carbocycles. The molecule has 0 aromatic heterocycles. The number of halogens is 3. The number of rotatable bonds is 5. The molecule has 170 valence electrons. The zero-order valence-electron chi connectivity index (χ0n) is 18.3. The Kier molecular flexibility index (Phi) is 6.75. The second kappa shape index (κ2) is 9.38. The maximum atomic E-state index is 13.6. The van der Waals surface area contributed by atoms with Crippen LogP contribution < -0.4 is 10.4 Å². The highest BCUT2D eigenvalue weighted by Crippen LogP contribution is 2.43. The Hall–Kier alpha value is -2.15. The molecule has 0 radical (unpaired) electrons. The molecule has 2 aliphatic rings. The smallest absolute Gasteiger partial charge is 0.263 e. The third-order valence-electron chi connectivity index (χ3n) is 6.43. The van der Waals surface area contributed by atoms with E-state index in [1.165, 1.54) is 18.6 Å². The van der Waals surface area contributed by atoms with Crippen LogP contribution in [-0.4, -0.2) is 36.3 Å². The number of quaternary nitrogens is 1. The van der Waals surface area contributed by atoms with Gasteiger partial charge in [-0.25, -0.2) is 8.98 Å². The number of nitrogens with one attached hydrogen (secondary N) is 1. The standard InChI is InChI=1S/C24H27Cl2FN4O/c1-3-19-22(24(32)29-31(2)13-5-4-6-14-31)28-30(21-12-9-17(25)15-20(21)26)23(19)16-7-10-18(27)11-8-16/h7-12,15,19,23H,3-6,13-14H2,1-2H3/p+1/t19-,23+/m0/s1. The lowest BCUT2D eigenvalue weighted by molar-refractivity contribution is -0.947. The summed E-state index contributed by atoms with van der Waals surface area (Å²) in [5, 5.41) is 7.53. The fraction of sp³-hybridized carbons (Fsp3) is 0.417. The normalized spacial score (nSPS) is 22.5. The van der Waals surface area contributed by atoms with E-state index in [1.807, 2.05) is 6.92 Å². The van der Waals surface area contributed by atoms with Gasteiger partial charge in [0, 0.05) is 10.9 Å². The molecule has 2 atom stereocenters. The summed E-state index contributed by atoms with van der Waals surface area (Å²) in [5.74, 6) is -0.651. The van der Waals surface area contributed by atoms with Crippen molar-refractivity contribution in [1.29, 1.82) is 0 Å². The number of hydrogen-bond donors (Lipinski definition) is 1. The Morgan fingerprint density at radius 3 is 2.47 bits per heavy atom. The first kappa shape index (κ1) is 23.0. The molecule has 1 amide bonds. The molecule has 0 aliphatic carbocycles. The number of carbonyl (C=O) groups excluding carboxylic acids is 1. The van der Waals surface area contributed by atoms with Gasteiger partial charge in [0.05, 0.1) is 23.8 Å². The van der Waals surface area contributed by atoms with Gasteiger partial charge < -0.3 is 0 Å². The Morgan fingerprint density at radius 2 is 1.84 bits per heavy atom. The van der Waals surface area contributed by atoms with Gasteiger partial charge in [-0.3, -0.25) is 9.80 Å². The lowest BCUT2D eigenvalue weighted by Gasteiger charge is -2.36. The largest absolute Gasteiger partial charge is 0.312 e. The summed E-state index contributed by atoms with van der Waals surface area (Å²) in [5.41, 5.74) is 5.20. The molecule has 1 N–H and O–H groups in total. The van der Waals surface area contributed by atoms with Gasteiger partial charge in [0.2, 0.25) is 0 Å². The van der Waals surface area contributed by atoms with Crippen LogP contribution in [0.2, 0.25) is 10.0 Å². The van der Waals surface area contributed by atoms with Crippen LogP contribution in [0.25, 0.3) is 0 Å². The van der Waals surface area contributed by atoms with Gasteiger partial charge >= 0.3 is 5.91 Å². The number of nitrogens with zero attached hydrogens (tertiary/aromatic N) is 3. The average molecular weight is 478 g/mol. The summed E-state index contributed by atoms with van der Waals surface area (Å²) in [6, 6.07) is 11.3. The molecule has 32 heavy (non-hydrogen) atoms. The van der Waals surface area contributed by atoms with Crippen LogP contribution in [0.3, 0.4) is 0 Å². The number of hydrazone groups is 1. The summed E-state index contributed by atoms with van der Waals surface area (Å²) < 4.78 is 14.2. The van der Waals surface area contributed by atoms with E-state index >= 15 is 0 Å². The van der Waals surface area contributed by atoms with Crippen LogP contribution in [0, 0.1) is 11.7 Å². The fourth-order valence-electron chi connectivity index (χ4n) is 4.73. The second-order valence-corrected chi connectivity index (χ2v) is 9.63. The predicted molar refractivity (Wildman–Crippen MR) is 127 cm³/mol. The third kappa shape index (κ3) is 4.63. The van der Waals surface area contributed by atoms with E-state index in [0.717, 1.165) is 31.5 Å². The molecule has 5 nitrogen and oxygen atoms in total. The van der Waals surface area contributed by atoms with E-state index in [9.17, 15) is 9.18 Å². The summed E-state index contributed by atoms with van der Waals surface area (Å²) in [6.07, 6.45) is 4.06. The number of benzene rings is 2. The molecule has 2 aromatic carbocycles. The van der Waals surface area contributed by atoms with Crippen molar-refractivity contribution in [2.24, 2.45) is 11.0 Å². The molecule has 0 spiro atoms. The Balaban J connectivity index is 1.73. The molecule has 0 unspecified atom stereocenters. The van der Waals surface area contributed by atoms with Crippen molar-refractivity contribution in [3.63, 3.8) is 0 Å². The van der Waals surface area contributed by atoms with E-state index in [2.05, 4.69) is 12.5 Å². The molecule has 1 fully saturated rings. The summed E-state index contributed by atoms with van der Waals surface area (Å²) in [4.78, 5) is 13.4. The zero-order chi connectivity index (χ0) is 22.9. The maximum absolute atomic E-state index is 13.6. The molecule has 1 saturated heterocycles. The molecule has 4 rings (SSSR count). The van der Waals surface area contributed by atoms with Crippen molar-refractivity contribution in [2.45, 2.75) is 38.6 Å². The summed E-state index contributed by atoms with van der Waals surface area (Å²) in [6.45, 7) is 3.85. The highest BCUT2D eigenvalue weighted by Gasteiger charge is 2.43. The van der Waals surface area contributed by atoms with Crippen LogP contribution in [0.5, 0.6) is 0 Å². The summed E-state index contributed by atoms with van der Waals surface area (Å²) >= 11 is 12.6. The third-order valence-corrected chi connectivity index (χ3v) is 6.96. The van der Waals surface area contributed by atoms with E-state index < -0.39 is 0 Å². The monoisotopic (exact) mass is 477 g/mol. The number of carbonyl (C=O) groups is 1. The molecule has 0 bridgehead atoms. The zero-order valence-corrected chi connectivity index (χ0v) is 19.8. The Labute approximate surface area is 198 Å². The van der Waals surface area contributed by atoms with E-state index in [0.29, 0.717) is 32.5 Å². The van der Waals surface area contributed by atoms with Crippen LogP contribution in [0.4, 0.5) is 10.1 Å². The first-order valence-electron chi connectivity index (χ1n) is 11.1. The van der Waals surface area contributed by atoms with Gasteiger partial charge in [0.1, 0.15) is 24.6 Å².